The van der Waals surface area contributed by atoms with Crippen LogP contribution in [-0.4, -0.2) is 101 Å². The highest BCUT2D eigenvalue weighted by Gasteiger charge is 2.54. The highest BCUT2D eigenvalue weighted by Crippen LogP contribution is 2.40. The van der Waals surface area contributed by atoms with Crippen molar-refractivity contribution in [3.8, 4) is 0 Å². The average Bonchev–Trinajstić information content (AvgIpc) is 3.41. The molecule has 0 radical (unpaired) electrons. The first-order valence-electron chi connectivity index (χ1n) is 12.6. The monoisotopic (exact) mass is 667 g/mol. The molecule has 2 atom stereocenters. The zero-order valence-corrected chi connectivity index (χ0v) is 24.9. The van der Waals surface area contributed by atoms with Gasteiger partial charge in [-0.1, -0.05) is 5.16 Å². The molecular formula is C24H25N7O12S2. The third kappa shape index (κ3) is 6.84. The Morgan fingerprint density at radius 1 is 1.24 bits per heavy atom. The number of hydroxylamine groups is 1. The van der Waals surface area contributed by atoms with Crippen molar-refractivity contribution in [2.24, 2.45) is 5.16 Å². The van der Waals surface area contributed by atoms with Gasteiger partial charge in [-0.25, -0.2) is 14.6 Å². The molecule has 1 aromatic heterocycles. The number of allylic oxidation sites excluding steroid dienone is 2. The number of β-lactam (4-membered cyclic amide) rings is 1. The lowest BCUT2D eigenvalue weighted by atomic mass is 10.00. The second-order valence-electron chi connectivity index (χ2n) is 9.89. The van der Waals surface area contributed by atoms with Crippen molar-refractivity contribution < 1.29 is 58.9 Å². The van der Waals surface area contributed by atoms with Gasteiger partial charge in [0.05, 0.1) is 5.70 Å². The van der Waals surface area contributed by atoms with Crippen molar-refractivity contribution in [1.29, 1.82) is 0 Å². The number of oxime groups is 1. The van der Waals surface area contributed by atoms with E-state index in [1.807, 2.05) is 0 Å². The predicted molar refractivity (Wildman–Crippen MR) is 152 cm³/mol. The zero-order valence-electron chi connectivity index (χ0n) is 23.2. The van der Waals surface area contributed by atoms with E-state index in [1.165, 1.54) is 19.2 Å². The first kappa shape index (κ1) is 32.8. The van der Waals surface area contributed by atoms with E-state index in [0.29, 0.717) is 0 Å². The molecule has 3 amide bonds. The fraction of sp³-hybridized carbons (Fsp3) is 0.333. The first-order chi connectivity index (χ1) is 21.1. The number of nitrogen functional groups attached to an aromatic ring is 1. The molecule has 1 saturated heterocycles. The first-order valence-corrected chi connectivity index (χ1v) is 14.5. The number of carbonyl (C=O) groups excluding carboxylic acids is 4. The second-order valence-corrected chi connectivity index (χ2v) is 11.9. The van der Waals surface area contributed by atoms with Gasteiger partial charge in [0.1, 0.15) is 17.1 Å². The van der Waals surface area contributed by atoms with Crippen LogP contribution in [0, 0.1) is 0 Å². The number of carboxylic acids is 1. The van der Waals surface area contributed by atoms with Crippen molar-refractivity contribution in [2.75, 3.05) is 18.0 Å². The minimum absolute atomic E-state index is 0.0330. The molecule has 1 aliphatic carbocycles. The van der Waals surface area contributed by atoms with Crippen LogP contribution in [0.2, 0.25) is 0 Å². The summed E-state index contributed by atoms with van der Waals surface area (Å²) in [7, 11) is 0. The van der Waals surface area contributed by atoms with Crippen LogP contribution in [0.3, 0.4) is 0 Å². The largest absolute Gasteiger partial charge is 0.512 e. The number of nitrogens with zero attached hydrogens (tertiary/aromatic N) is 3. The molecule has 3 aliphatic rings. The van der Waals surface area contributed by atoms with E-state index in [0.717, 1.165) is 34.1 Å². The number of fused-ring (bicyclic) bond motifs is 1. The van der Waals surface area contributed by atoms with Crippen LogP contribution >= 0.6 is 23.1 Å². The molecule has 2 aliphatic heterocycles. The number of nitrogens with two attached hydrogens (primary N) is 1. The Morgan fingerprint density at radius 3 is 2.56 bits per heavy atom. The number of thioether (sulfide) groups is 1. The van der Waals surface area contributed by atoms with E-state index < -0.39 is 70.0 Å². The van der Waals surface area contributed by atoms with Gasteiger partial charge in [-0.2, -0.15) is 0 Å². The van der Waals surface area contributed by atoms with E-state index in [4.69, 9.17) is 20.5 Å². The van der Waals surface area contributed by atoms with Crippen molar-refractivity contribution in [3.63, 3.8) is 0 Å². The van der Waals surface area contributed by atoms with Gasteiger partial charge in [0.15, 0.2) is 16.6 Å². The maximum atomic E-state index is 13.2. The number of aliphatic hydroxyl groups excluding tert-OH is 1. The molecule has 9 N–H and O–H groups in total. The fourth-order valence-electron chi connectivity index (χ4n) is 3.98. The van der Waals surface area contributed by atoms with Gasteiger partial charge in [-0.15, -0.1) is 23.1 Å². The normalized spacial score (nSPS) is 20.1. The molecule has 21 heteroatoms. The van der Waals surface area contributed by atoms with Gasteiger partial charge in [0, 0.05) is 35.2 Å². The van der Waals surface area contributed by atoms with Crippen LogP contribution in [0.4, 0.5) is 9.93 Å². The number of ketones is 1. The average molecular weight is 668 g/mol. The Kier molecular flexibility index (Phi) is 9.34. The smallest absolute Gasteiger partial charge is 0.503 e. The number of thiazole rings is 1. The molecule has 3 heterocycles. The van der Waals surface area contributed by atoms with Gasteiger partial charge in [-0.05, 0) is 19.9 Å². The third-order valence-electron chi connectivity index (χ3n) is 6.40. The molecule has 0 spiro atoms. The minimum atomic E-state index is -1.82. The predicted octanol–water partition coefficient (Wildman–Crippen LogP) is -0.621. The number of carbonyl (C=O) groups is 6. The van der Waals surface area contributed by atoms with Gasteiger partial charge < -0.3 is 41.3 Å². The molecule has 0 saturated carbocycles. The highest BCUT2D eigenvalue weighted by molar-refractivity contribution is 8.00. The van der Waals surface area contributed by atoms with Crippen LogP contribution in [0.5, 0.6) is 0 Å². The van der Waals surface area contributed by atoms with Crippen LogP contribution in [0.15, 0.2) is 45.1 Å². The molecule has 1 aromatic rings. The SMILES string of the molecule is CC(C)(O/N=C(\C(=O)NC1C(=O)N2C(OC(=O)O)=C(CNC(=O)C3=CC(=O)C(O)=C(NO)C3)CS[C@@H]12)c1csc(N)n1)C(=O)O. The fourth-order valence-corrected chi connectivity index (χ4v) is 5.85. The zero-order chi connectivity index (χ0) is 33.2. The summed E-state index contributed by atoms with van der Waals surface area (Å²) in [4.78, 5) is 83.9. The number of nitrogens with one attached hydrogen (secondary N) is 3. The molecule has 0 bridgehead atoms. The summed E-state index contributed by atoms with van der Waals surface area (Å²) in [6.07, 6.45) is -1.19. The van der Waals surface area contributed by atoms with Crippen LogP contribution in [0.1, 0.15) is 26.0 Å². The standard InChI is InChI=1S/C24H25N7O12S2/c1-24(2,21(37)38)43-30-13(11-7-45-22(25)27-11)17(35)28-14-18(36)31-19(42-23(39)40)9(6-44-20(14)31)5-26-16(34)8-3-10(29-41)15(33)12(32)4-8/h4,7,14,20,29,33,41H,3,5-6H2,1-2H3,(H2,25,27)(H,26,34)(H,28,35)(H,37,38)(H,39,40)/b30-13-/t14?,20-/m0/s1. The summed E-state index contributed by atoms with van der Waals surface area (Å²) >= 11 is 2.07. The number of hydrogen-bond acceptors (Lipinski definition) is 16. The van der Waals surface area contributed by atoms with Crippen LogP contribution < -0.4 is 21.8 Å². The van der Waals surface area contributed by atoms with Crippen molar-refractivity contribution in [2.45, 2.75) is 37.3 Å². The van der Waals surface area contributed by atoms with Crippen LogP contribution in [0.25, 0.3) is 0 Å². The number of aliphatic carboxylic acids is 1. The number of rotatable bonds is 11. The van der Waals surface area contributed by atoms with E-state index in [1.54, 1.807) is 5.48 Å². The number of anilines is 1. The Labute approximate surface area is 260 Å². The highest BCUT2D eigenvalue weighted by atomic mass is 32.2. The maximum Gasteiger partial charge on any atom is 0.512 e. The number of ether oxygens (including phenoxy) is 1. The third-order valence-corrected chi connectivity index (χ3v) is 8.42. The van der Waals surface area contributed by atoms with Gasteiger partial charge in [0.25, 0.3) is 11.8 Å². The molecule has 45 heavy (non-hydrogen) atoms. The van der Waals surface area contributed by atoms with Crippen molar-refractivity contribution in [3.05, 3.63) is 45.6 Å². The van der Waals surface area contributed by atoms with E-state index >= 15 is 0 Å². The second kappa shape index (κ2) is 12.8. The maximum absolute atomic E-state index is 13.2. The summed E-state index contributed by atoms with van der Waals surface area (Å²) in [6, 6.07) is -1.21. The number of aliphatic hydroxyl groups is 1. The van der Waals surface area contributed by atoms with E-state index in [9.17, 15) is 44.1 Å². The summed E-state index contributed by atoms with van der Waals surface area (Å²) in [5.41, 5.74) is 4.73. The Hall–Kier alpha value is -5.15. The number of amides is 3. The Morgan fingerprint density at radius 2 is 1.96 bits per heavy atom. The molecule has 240 valence electrons. The lowest BCUT2D eigenvalue weighted by molar-refractivity contribution is -0.161. The Bertz CT molecular complexity index is 1610. The molecule has 1 fully saturated rings. The van der Waals surface area contributed by atoms with Gasteiger partial charge in [0.2, 0.25) is 23.2 Å². The lowest BCUT2D eigenvalue weighted by Crippen LogP contribution is -2.70. The van der Waals surface area contributed by atoms with Gasteiger partial charge in [-0.3, -0.25) is 34.8 Å². The molecule has 19 nitrogen and oxygen atoms in total. The van der Waals surface area contributed by atoms with Crippen molar-refractivity contribution >= 4 is 69.6 Å². The van der Waals surface area contributed by atoms with E-state index in [-0.39, 0.29) is 46.4 Å². The topological polar surface area (TPSA) is 292 Å². The number of hydrogen-bond donors (Lipinski definition) is 8. The summed E-state index contributed by atoms with van der Waals surface area (Å²) in [5, 5.41) is 46.6. The molecule has 4 rings (SSSR count). The molecular weight excluding hydrogens is 642 g/mol. The van der Waals surface area contributed by atoms with Gasteiger partial charge >= 0.3 is 12.1 Å². The summed E-state index contributed by atoms with van der Waals surface area (Å²) in [5.74, 6) is -5.92. The number of aromatic nitrogens is 1. The molecule has 1 unspecified atom stereocenters. The van der Waals surface area contributed by atoms with Crippen molar-refractivity contribution in [1.82, 2.24) is 26.0 Å². The Balaban J connectivity index is 1.50. The van der Waals surface area contributed by atoms with Crippen LogP contribution in [-0.2, 0) is 33.5 Å². The quantitative estimate of drug-likeness (QED) is 0.0631. The summed E-state index contributed by atoms with van der Waals surface area (Å²) in [6.45, 7) is 2.08. The summed E-state index contributed by atoms with van der Waals surface area (Å²) < 4.78 is 4.87. The minimum Gasteiger partial charge on any atom is -0.503 e. The molecule has 0 aromatic carbocycles. The lowest BCUT2D eigenvalue weighted by Gasteiger charge is -2.49. The van der Waals surface area contributed by atoms with E-state index in [2.05, 4.69) is 20.8 Å². The number of carboxylic acid groups (broad SMARTS) is 2.